The Labute approximate surface area is 221 Å². The molecule has 36 heavy (non-hydrogen) atoms. The number of carbonyl (C=O) groups is 2. The smallest absolute Gasteiger partial charge is 0.242 e. The number of amides is 2. The molecular formula is C24H29Cl2N3O6S. The minimum absolute atomic E-state index is 0.0170. The minimum Gasteiger partial charge on any atom is -0.486 e. The van der Waals surface area contributed by atoms with Crippen LogP contribution in [-0.4, -0.2) is 64.2 Å². The number of ether oxygens (including phenoxy) is 2. The lowest BCUT2D eigenvalue weighted by molar-refractivity contribution is -0.140. The van der Waals surface area contributed by atoms with Crippen LogP contribution in [0.3, 0.4) is 0 Å². The number of fused-ring (bicyclic) bond motifs is 1. The lowest BCUT2D eigenvalue weighted by Gasteiger charge is -2.29. The summed E-state index contributed by atoms with van der Waals surface area (Å²) in [6, 6.07) is 9.08. The lowest BCUT2D eigenvalue weighted by Crippen LogP contribution is -2.46. The molecule has 1 aliphatic heterocycles. The van der Waals surface area contributed by atoms with Crippen LogP contribution in [0.15, 0.2) is 36.4 Å². The molecule has 2 amide bonds. The van der Waals surface area contributed by atoms with Crippen LogP contribution in [-0.2, 0) is 26.2 Å². The highest BCUT2D eigenvalue weighted by Crippen LogP contribution is 2.35. The second kappa shape index (κ2) is 12.0. The van der Waals surface area contributed by atoms with E-state index < -0.39 is 16.1 Å². The number of anilines is 1. The summed E-state index contributed by atoms with van der Waals surface area (Å²) in [6.45, 7) is 2.59. The van der Waals surface area contributed by atoms with Crippen molar-refractivity contribution in [1.29, 1.82) is 0 Å². The highest BCUT2D eigenvalue weighted by Gasteiger charge is 2.27. The Hall–Kier alpha value is -2.69. The van der Waals surface area contributed by atoms with Crippen LogP contribution in [0.2, 0.25) is 10.0 Å². The maximum absolute atomic E-state index is 13.2. The summed E-state index contributed by atoms with van der Waals surface area (Å²) < 4.78 is 37.4. The number of halogens is 2. The third-order valence-electron chi connectivity index (χ3n) is 5.74. The van der Waals surface area contributed by atoms with Crippen molar-refractivity contribution in [1.82, 2.24) is 10.2 Å². The molecule has 9 nitrogen and oxygen atoms in total. The monoisotopic (exact) mass is 557 g/mol. The van der Waals surface area contributed by atoms with Gasteiger partial charge in [-0.25, -0.2) is 8.42 Å². The summed E-state index contributed by atoms with van der Waals surface area (Å²) in [5.41, 5.74) is 1.05. The topological polar surface area (TPSA) is 105 Å². The van der Waals surface area contributed by atoms with Crippen LogP contribution >= 0.6 is 23.2 Å². The molecule has 196 valence electrons. The molecule has 0 saturated carbocycles. The molecule has 0 fully saturated rings. The quantitative estimate of drug-likeness (QED) is 0.479. The molecule has 0 aromatic heterocycles. The molecule has 0 spiro atoms. The van der Waals surface area contributed by atoms with E-state index in [1.165, 1.54) is 16.3 Å². The molecule has 2 aromatic rings. The third-order valence-corrected chi connectivity index (χ3v) is 7.52. The molecule has 1 aliphatic rings. The predicted octanol–water partition coefficient (Wildman–Crippen LogP) is 3.47. The molecule has 1 heterocycles. The van der Waals surface area contributed by atoms with Gasteiger partial charge in [0.15, 0.2) is 11.5 Å². The third kappa shape index (κ3) is 6.96. The predicted molar refractivity (Wildman–Crippen MR) is 139 cm³/mol. The maximum Gasteiger partial charge on any atom is 0.242 e. The van der Waals surface area contributed by atoms with Crippen molar-refractivity contribution in [2.75, 3.05) is 37.4 Å². The molecule has 1 atom stereocenters. The molecule has 0 saturated heterocycles. The molecule has 0 radical (unpaired) electrons. The maximum atomic E-state index is 13.2. The fourth-order valence-corrected chi connectivity index (χ4v) is 5.24. The number of hydrogen-bond donors (Lipinski definition) is 1. The number of benzene rings is 2. The Bertz CT molecular complexity index is 1220. The van der Waals surface area contributed by atoms with E-state index in [1.54, 1.807) is 43.3 Å². The fraction of sp³-hybridized carbons (Fsp3) is 0.417. The first-order valence-corrected chi connectivity index (χ1v) is 13.9. The van der Waals surface area contributed by atoms with Crippen molar-refractivity contribution in [3.05, 3.63) is 52.0 Å². The van der Waals surface area contributed by atoms with Gasteiger partial charge in [-0.2, -0.15) is 0 Å². The highest BCUT2D eigenvalue weighted by molar-refractivity contribution is 7.92. The number of rotatable bonds is 10. The minimum atomic E-state index is -3.64. The highest BCUT2D eigenvalue weighted by atomic mass is 35.5. The van der Waals surface area contributed by atoms with Gasteiger partial charge >= 0.3 is 0 Å². The van der Waals surface area contributed by atoms with Crippen molar-refractivity contribution >= 4 is 50.7 Å². The molecule has 0 aliphatic carbocycles. The Balaban J connectivity index is 1.74. The van der Waals surface area contributed by atoms with E-state index in [4.69, 9.17) is 32.7 Å². The summed E-state index contributed by atoms with van der Waals surface area (Å²) in [5, 5.41) is 3.39. The van der Waals surface area contributed by atoms with Gasteiger partial charge in [-0.1, -0.05) is 29.3 Å². The van der Waals surface area contributed by atoms with Crippen molar-refractivity contribution < 1.29 is 27.5 Å². The lowest BCUT2D eigenvalue weighted by atomic mass is 10.1. The summed E-state index contributed by atoms with van der Waals surface area (Å²) >= 11 is 12.3. The SMILES string of the molecule is CNC(=O)[C@@H](C)N(Cc1ccc(Cl)cc1Cl)C(=O)CCCN(c1ccc2c(c1)OCCO2)S(C)(=O)=O. The standard InChI is InChI=1S/C24H29Cl2N3O6S/c1-16(24(31)27-2)28(15-17-6-7-18(25)13-20(17)26)23(30)5-4-10-29(36(3,32)33)19-8-9-21-22(14-19)35-12-11-34-21/h6-9,13-14,16H,4-5,10-12,15H2,1-3H3,(H,27,31)/t16-/m1/s1. The van der Waals surface area contributed by atoms with Crippen molar-refractivity contribution in [2.45, 2.75) is 32.4 Å². The number of hydrogen-bond acceptors (Lipinski definition) is 6. The average Bonchev–Trinajstić information content (AvgIpc) is 2.84. The van der Waals surface area contributed by atoms with Gasteiger partial charge in [0, 0.05) is 42.7 Å². The van der Waals surface area contributed by atoms with Crippen LogP contribution in [0.5, 0.6) is 11.5 Å². The van der Waals surface area contributed by atoms with Gasteiger partial charge in [0.1, 0.15) is 19.3 Å². The fourth-order valence-electron chi connectivity index (χ4n) is 3.82. The molecule has 12 heteroatoms. The van der Waals surface area contributed by atoms with Crippen molar-refractivity contribution in [3.8, 4) is 11.5 Å². The first-order chi connectivity index (χ1) is 17.0. The zero-order valence-corrected chi connectivity index (χ0v) is 22.6. The van der Waals surface area contributed by atoms with E-state index in [0.717, 1.165) is 6.26 Å². The first-order valence-electron chi connectivity index (χ1n) is 11.3. The Kier molecular flexibility index (Phi) is 9.32. The summed E-state index contributed by atoms with van der Waals surface area (Å²) in [7, 11) is -2.14. The van der Waals surface area contributed by atoms with Crippen LogP contribution < -0.4 is 19.1 Å². The molecule has 0 unspecified atom stereocenters. The van der Waals surface area contributed by atoms with E-state index in [1.807, 2.05) is 0 Å². The molecule has 2 aromatic carbocycles. The number of carbonyl (C=O) groups excluding carboxylic acids is 2. The Morgan fingerprint density at radius 1 is 1.08 bits per heavy atom. The van der Waals surface area contributed by atoms with E-state index >= 15 is 0 Å². The number of likely N-dealkylation sites (N-methyl/N-ethyl adjacent to an activating group) is 1. The van der Waals surface area contributed by atoms with Crippen LogP contribution in [0.4, 0.5) is 5.69 Å². The normalized spacial score (nSPS) is 13.6. The molecule has 1 N–H and O–H groups in total. The van der Waals surface area contributed by atoms with Gasteiger partial charge in [-0.3, -0.25) is 13.9 Å². The molecule has 0 bridgehead atoms. The second-order valence-corrected chi connectivity index (χ2v) is 11.1. The van der Waals surface area contributed by atoms with E-state index in [9.17, 15) is 18.0 Å². The zero-order chi connectivity index (χ0) is 26.5. The van der Waals surface area contributed by atoms with Gasteiger partial charge in [-0.05, 0) is 43.2 Å². The molecular weight excluding hydrogens is 529 g/mol. The summed E-state index contributed by atoms with van der Waals surface area (Å²) in [6.07, 6.45) is 1.35. The van der Waals surface area contributed by atoms with Crippen molar-refractivity contribution in [2.24, 2.45) is 0 Å². The van der Waals surface area contributed by atoms with E-state index in [2.05, 4.69) is 5.32 Å². The van der Waals surface area contributed by atoms with Crippen LogP contribution in [0.1, 0.15) is 25.3 Å². The molecule has 3 rings (SSSR count). The van der Waals surface area contributed by atoms with Gasteiger partial charge < -0.3 is 19.7 Å². The van der Waals surface area contributed by atoms with Crippen molar-refractivity contribution in [3.63, 3.8) is 0 Å². The van der Waals surface area contributed by atoms with Gasteiger partial charge in [0.2, 0.25) is 21.8 Å². The average molecular weight is 558 g/mol. The number of nitrogens with one attached hydrogen (secondary N) is 1. The number of sulfonamides is 1. The van der Waals surface area contributed by atoms with E-state index in [0.29, 0.717) is 46.0 Å². The zero-order valence-electron chi connectivity index (χ0n) is 20.3. The Morgan fingerprint density at radius 2 is 1.78 bits per heavy atom. The first kappa shape index (κ1) is 27.9. The second-order valence-electron chi connectivity index (χ2n) is 8.31. The van der Waals surface area contributed by atoms with Gasteiger partial charge in [0.05, 0.1) is 11.9 Å². The van der Waals surface area contributed by atoms with Crippen LogP contribution in [0, 0.1) is 0 Å². The Morgan fingerprint density at radius 3 is 2.42 bits per heavy atom. The summed E-state index contributed by atoms with van der Waals surface area (Å²) in [4.78, 5) is 27.0. The largest absolute Gasteiger partial charge is 0.486 e. The summed E-state index contributed by atoms with van der Waals surface area (Å²) in [5.74, 6) is 0.373. The van der Waals surface area contributed by atoms with Crippen LogP contribution in [0.25, 0.3) is 0 Å². The number of nitrogens with zero attached hydrogens (tertiary/aromatic N) is 2. The van der Waals surface area contributed by atoms with E-state index in [-0.39, 0.29) is 37.7 Å². The van der Waals surface area contributed by atoms with Gasteiger partial charge in [0.25, 0.3) is 0 Å². The van der Waals surface area contributed by atoms with Gasteiger partial charge in [-0.15, -0.1) is 0 Å².